The van der Waals surface area contributed by atoms with Gasteiger partial charge in [0.05, 0.1) is 18.2 Å². The molecule has 0 radical (unpaired) electrons. The van der Waals surface area contributed by atoms with Crippen LogP contribution in [-0.4, -0.2) is 16.1 Å². The van der Waals surface area contributed by atoms with Crippen LogP contribution >= 0.6 is 11.3 Å². The first-order valence-corrected chi connectivity index (χ1v) is 7.11. The van der Waals surface area contributed by atoms with Crippen molar-refractivity contribution in [3.63, 3.8) is 0 Å². The van der Waals surface area contributed by atoms with Gasteiger partial charge in [0.15, 0.2) is 5.13 Å². The van der Waals surface area contributed by atoms with Crippen molar-refractivity contribution in [1.82, 2.24) is 4.98 Å². The lowest BCUT2D eigenvalue weighted by Crippen LogP contribution is -2.08. The van der Waals surface area contributed by atoms with Gasteiger partial charge in [0.1, 0.15) is 5.82 Å². The highest BCUT2D eigenvalue weighted by Gasteiger charge is 2.12. The van der Waals surface area contributed by atoms with E-state index in [1.54, 1.807) is 18.2 Å². The Labute approximate surface area is 120 Å². The molecule has 1 unspecified atom stereocenters. The van der Waals surface area contributed by atoms with Gasteiger partial charge in [-0.1, -0.05) is 18.2 Å². The summed E-state index contributed by atoms with van der Waals surface area (Å²) in [6.07, 6.45) is 0.466. The molecular weight excluding hydrogens is 279 g/mol. The molecule has 1 heterocycles. The second-order valence-corrected chi connectivity index (χ2v) is 5.28. The van der Waals surface area contributed by atoms with Gasteiger partial charge in [0.2, 0.25) is 0 Å². The number of aryl methyl sites for hydroxylation is 1. The molecule has 20 heavy (non-hydrogen) atoms. The van der Waals surface area contributed by atoms with Gasteiger partial charge in [-0.2, -0.15) is 0 Å². The molecule has 0 spiro atoms. The fraction of sp³-hybridized carbons (Fsp3) is 0.286. The number of carbonyl (C=O) groups is 1. The molecule has 0 aliphatic carbocycles. The van der Waals surface area contributed by atoms with Crippen LogP contribution in [-0.2, 0) is 11.2 Å². The second kappa shape index (κ2) is 6.47. The van der Waals surface area contributed by atoms with Gasteiger partial charge in [-0.15, -0.1) is 11.3 Å². The lowest BCUT2D eigenvalue weighted by Gasteiger charge is -2.13. The summed E-state index contributed by atoms with van der Waals surface area (Å²) in [6, 6.07) is 6.39. The number of hydrogen-bond acceptors (Lipinski definition) is 4. The summed E-state index contributed by atoms with van der Waals surface area (Å²) >= 11 is 1.39. The van der Waals surface area contributed by atoms with Crippen LogP contribution in [0.1, 0.15) is 30.6 Å². The summed E-state index contributed by atoms with van der Waals surface area (Å²) in [7, 11) is 0. The van der Waals surface area contributed by atoms with E-state index >= 15 is 0 Å². The molecule has 0 aliphatic heterocycles. The molecule has 1 aromatic carbocycles. The molecule has 2 rings (SSSR count). The molecule has 1 atom stereocenters. The number of thiazole rings is 1. The van der Waals surface area contributed by atoms with Crippen molar-refractivity contribution in [2.75, 3.05) is 5.32 Å². The molecule has 106 valence electrons. The average Bonchev–Trinajstić information content (AvgIpc) is 2.84. The lowest BCUT2D eigenvalue weighted by molar-refractivity contribution is -0.136. The molecule has 2 N–H and O–H groups in total. The van der Waals surface area contributed by atoms with Crippen molar-refractivity contribution in [3.05, 3.63) is 46.7 Å². The third kappa shape index (κ3) is 3.77. The number of benzene rings is 1. The van der Waals surface area contributed by atoms with Crippen molar-refractivity contribution >= 4 is 22.4 Å². The number of hydrogen-bond donors (Lipinski definition) is 2. The Bertz CT molecular complexity index is 600. The smallest absolute Gasteiger partial charge is 0.303 e. The number of rotatable bonds is 6. The molecule has 0 aliphatic rings. The molecule has 0 bridgehead atoms. The van der Waals surface area contributed by atoms with Gasteiger partial charge < -0.3 is 10.4 Å². The van der Waals surface area contributed by atoms with Crippen LogP contribution in [0, 0.1) is 5.82 Å². The van der Waals surface area contributed by atoms with Crippen molar-refractivity contribution in [2.24, 2.45) is 0 Å². The second-order valence-electron chi connectivity index (χ2n) is 4.43. The van der Waals surface area contributed by atoms with Crippen molar-refractivity contribution < 1.29 is 14.3 Å². The van der Waals surface area contributed by atoms with E-state index in [0.717, 1.165) is 5.69 Å². The van der Waals surface area contributed by atoms with E-state index < -0.39 is 5.97 Å². The fourth-order valence-corrected chi connectivity index (χ4v) is 2.65. The largest absolute Gasteiger partial charge is 0.481 e. The van der Waals surface area contributed by atoms with Crippen molar-refractivity contribution in [2.45, 2.75) is 25.8 Å². The zero-order valence-electron chi connectivity index (χ0n) is 11.0. The predicted molar refractivity (Wildman–Crippen MR) is 76.5 cm³/mol. The summed E-state index contributed by atoms with van der Waals surface area (Å²) in [5, 5.41) is 14.2. The third-order valence-electron chi connectivity index (χ3n) is 2.86. The maximum atomic E-state index is 13.6. The number of aromatic nitrogens is 1. The lowest BCUT2D eigenvalue weighted by atomic mass is 10.1. The van der Waals surface area contributed by atoms with Gasteiger partial charge >= 0.3 is 5.97 Å². The Balaban J connectivity index is 2.00. The number of nitrogens with one attached hydrogen (secondary N) is 1. The molecule has 4 nitrogen and oxygen atoms in total. The highest BCUT2D eigenvalue weighted by atomic mass is 32.1. The molecular formula is C14H15FN2O2S. The Hall–Kier alpha value is -1.95. The number of carboxylic acids is 1. The maximum Gasteiger partial charge on any atom is 0.303 e. The van der Waals surface area contributed by atoms with Gasteiger partial charge in [0, 0.05) is 17.4 Å². The van der Waals surface area contributed by atoms with E-state index in [9.17, 15) is 9.18 Å². The number of nitrogens with zero attached hydrogens (tertiary/aromatic N) is 1. The van der Waals surface area contributed by atoms with Gasteiger partial charge in [-0.25, -0.2) is 9.37 Å². The van der Waals surface area contributed by atoms with Crippen LogP contribution < -0.4 is 5.32 Å². The molecule has 0 amide bonds. The summed E-state index contributed by atoms with van der Waals surface area (Å²) in [4.78, 5) is 14.8. The normalized spacial score (nSPS) is 12.1. The highest BCUT2D eigenvalue weighted by molar-refractivity contribution is 7.13. The first kappa shape index (κ1) is 14.5. The van der Waals surface area contributed by atoms with Crippen molar-refractivity contribution in [3.8, 4) is 0 Å². The summed E-state index contributed by atoms with van der Waals surface area (Å²) in [5.41, 5.74) is 1.32. The van der Waals surface area contributed by atoms with E-state index in [1.165, 1.54) is 17.4 Å². The summed E-state index contributed by atoms with van der Waals surface area (Å²) < 4.78 is 13.6. The van der Waals surface area contributed by atoms with Crippen LogP contribution in [0.4, 0.5) is 9.52 Å². The third-order valence-corrected chi connectivity index (χ3v) is 3.68. The molecule has 2 aromatic rings. The maximum absolute atomic E-state index is 13.6. The standard InChI is InChI=1S/C14H15FN2O2S/c1-9(11-4-2-3-5-12(11)15)16-14-17-10(8-20-14)6-7-13(18)19/h2-5,8-9H,6-7H2,1H3,(H,16,17)(H,18,19). The summed E-state index contributed by atoms with van der Waals surface area (Å²) in [5.74, 6) is -1.10. The Morgan fingerprint density at radius 2 is 2.25 bits per heavy atom. The monoisotopic (exact) mass is 294 g/mol. The number of halogens is 1. The Morgan fingerprint density at radius 1 is 1.50 bits per heavy atom. The highest BCUT2D eigenvalue weighted by Crippen LogP contribution is 2.24. The van der Waals surface area contributed by atoms with Crippen LogP contribution in [0.2, 0.25) is 0 Å². The van der Waals surface area contributed by atoms with Crippen LogP contribution in [0.3, 0.4) is 0 Å². The molecule has 0 saturated heterocycles. The molecule has 0 saturated carbocycles. The van der Waals surface area contributed by atoms with Crippen LogP contribution in [0.15, 0.2) is 29.6 Å². The summed E-state index contributed by atoms with van der Waals surface area (Å²) in [6.45, 7) is 1.86. The first-order valence-electron chi connectivity index (χ1n) is 6.23. The van der Waals surface area contributed by atoms with Crippen LogP contribution in [0.5, 0.6) is 0 Å². The number of aliphatic carboxylic acids is 1. The zero-order valence-corrected chi connectivity index (χ0v) is 11.8. The van der Waals surface area contributed by atoms with Crippen molar-refractivity contribution in [1.29, 1.82) is 0 Å². The van der Waals surface area contributed by atoms with E-state index in [4.69, 9.17) is 5.11 Å². The minimum Gasteiger partial charge on any atom is -0.481 e. The topological polar surface area (TPSA) is 62.2 Å². The van der Waals surface area contributed by atoms with E-state index in [1.807, 2.05) is 12.3 Å². The first-order chi connectivity index (χ1) is 9.56. The Morgan fingerprint density at radius 3 is 2.95 bits per heavy atom. The van der Waals surface area contributed by atoms with Gasteiger partial charge in [-0.3, -0.25) is 4.79 Å². The zero-order chi connectivity index (χ0) is 14.5. The van der Waals surface area contributed by atoms with Gasteiger partial charge in [-0.05, 0) is 13.0 Å². The minimum atomic E-state index is -0.841. The average molecular weight is 294 g/mol. The van der Waals surface area contributed by atoms with E-state index in [0.29, 0.717) is 17.1 Å². The van der Waals surface area contributed by atoms with E-state index in [-0.39, 0.29) is 18.3 Å². The molecule has 6 heteroatoms. The number of anilines is 1. The Kier molecular flexibility index (Phi) is 4.68. The van der Waals surface area contributed by atoms with Gasteiger partial charge in [0.25, 0.3) is 0 Å². The van der Waals surface area contributed by atoms with Crippen LogP contribution in [0.25, 0.3) is 0 Å². The predicted octanol–water partition coefficient (Wildman–Crippen LogP) is 3.47. The quantitative estimate of drug-likeness (QED) is 0.856. The SMILES string of the molecule is CC(Nc1nc(CCC(=O)O)cs1)c1ccccc1F. The number of carboxylic acid groups (broad SMARTS) is 1. The molecule has 0 fully saturated rings. The minimum absolute atomic E-state index is 0.0615. The fourth-order valence-electron chi connectivity index (χ4n) is 1.81. The van der Waals surface area contributed by atoms with E-state index in [2.05, 4.69) is 10.3 Å². The molecule has 1 aromatic heterocycles.